The number of rotatable bonds is 9. The fourth-order valence-corrected chi connectivity index (χ4v) is 5.88. The van der Waals surface area contributed by atoms with Crippen molar-refractivity contribution in [3.63, 3.8) is 0 Å². The number of benzene rings is 2. The van der Waals surface area contributed by atoms with E-state index in [1.54, 1.807) is 24.5 Å². The van der Waals surface area contributed by atoms with Gasteiger partial charge < -0.3 is 14.7 Å². The molecule has 1 unspecified atom stereocenters. The van der Waals surface area contributed by atoms with Gasteiger partial charge in [0.15, 0.2) is 0 Å². The van der Waals surface area contributed by atoms with Crippen LogP contribution in [0.15, 0.2) is 82.4 Å². The molecule has 9 heteroatoms. The van der Waals surface area contributed by atoms with Gasteiger partial charge in [-0.1, -0.05) is 46.3 Å². The number of sulfonamides is 1. The van der Waals surface area contributed by atoms with Crippen LogP contribution >= 0.6 is 15.9 Å². The van der Waals surface area contributed by atoms with Crippen LogP contribution in [0.4, 0.5) is 5.69 Å². The number of aromatic nitrogens is 1. The number of nitrogens with one attached hydrogen (secondary N) is 1. The van der Waals surface area contributed by atoms with E-state index in [9.17, 15) is 13.5 Å². The average molecular weight is 546 g/mol. The minimum atomic E-state index is -3.88. The highest BCUT2D eigenvalue weighted by atomic mass is 79.9. The van der Waals surface area contributed by atoms with Gasteiger partial charge in [0.2, 0.25) is 10.0 Å². The molecule has 2 aromatic carbocycles. The van der Waals surface area contributed by atoms with Crippen LogP contribution in [-0.4, -0.2) is 50.9 Å². The number of aryl methyl sites for hydroxylation is 1. The number of aliphatic hydroxyl groups is 1. The summed E-state index contributed by atoms with van der Waals surface area (Å²) in [6, 6.07) is 18.3. The number of anilines is 1. The summed E-state index contributed by atoms with van der Waals surface area (Å²) < 4.78 is 36.3. The van der Waals surface area contributed by atoms with Crippen LogP contribution in [-0.2, 0) is 21.2 Å². The van der Waals surface area contributed by atoms with Crippen LogP contribution in [0.3, 0.4) is 0 Å². The van der Waals surface area contributed by atoms with Gasteiger partial charge in [0.05, 0.1) is 18.9 Å². The third-order valence-electron chi connectivity index (χ3n) is 5.86. The molecule has 1 aliphatic heterocycles. The summed E-state index contributed by atoms with van der Waals surface area (Å²) in [4.78, 5) is 6.23. The van der Waals surface area contributed by atoms with E-state index in [-0.39, 0.29) is 17.6 Å². The molecule has 1 saturated heterocycles. The lowest BCUT2D eigenvalue weighted by Gasteiger charge is -2.36. The molecule has 1 aliphatic rings. The molecule has 0 radical (unpaired) electrons. The van der Waals surface area contributed by atoms with Gasteiger partial charge in [0, 0.05) is 36.0 Å². The van der Waals surface area contributed by atoms with E-state index in [4.69, 9.17) is 4.74 Å². The van der Waals surface area contributed by atoms with Crippen LogP contribution < -0.4 is 9.62 Å². The molecule has 0 amide bonds. The lowest BCUT2D eigenvalue weighted by molar-refractivity contribution is 0.0396. The SMILES string of the molecule is O=S(=O)(NC(CO)CCc1ccncc1)c1ccc(Br)cc1N1CCO[C@H](c2ccccc2)C1. The zero-order chi connectivity index (χ0) is 24.0. The van der Waals surface area contributed by atoms with Gasteiger partial charge in [0.1, 0.15) is 11.0 Å². The minimum Gasteiger partial charge on any atom is -0.395 e. The van der Waals surface area contributed by atoms with Gasteiger partial charge in [-0.25, -0.2) is 13.1 Å². The minimum absolute atomic E-state index is 0.150. The number of ether oxygens (including phenoxy) is 1. The van der Waals surface area contributed by atoms with Gasteiger partial charge in [0.25, 0.3) is 0 Å². The Morgan fingerprint density at radius 2 is 1.91 bits per heavy atom. The molecule has 4 rings (SSSR count). The van der Waals surface area contributed by atoms with Crippen molar-refractivity contribution < 1.29 is 18.3 Å². The average Bonchev–Trinajstić information content (AvgIpc) is 2.87. The van der Waals surface area contributed by atoms with Crippen molar-refractivity contribution in [2.24, 2.45) is 0 Å². The van der Waals surface area contributed by atoms with Gasteiger partial charge in [-0.3, -0.25) is 4.98 Å². The predicted molar refractivity (Wildman–Crippen MR) is 135 cm³/mol. The second-order valence-corrected chi connectivity index (χ2v) is 10.8. The lowest BCUT2D eigenvalue weighted by atomic mass is 10.1. The number of halogens is 1. The van der Waals surface area contributed by atoms with Crippen molar-refractivity contribution in [2.75, 3.05) is 31.2 Å². The van der Waals surface area contributed by atoms with E-state index in [0.717, 1.165) is 15.6 Å². The van der Waals surface area contributed by atoms with Crippen molar-refractivity contribution in [2.45, 2.75) is 29.9 Å². The molecule has 2 N–H and O–H groups in total. The molecule has 2 heterocycles. The number of hydrogen-bond acceptors (Lipinski definition) is 6. The first-order valence-electron chi connectivity index (χ1n) is 11.2. The molecule has 7 nitrogen and oxygen atoms in total. The third kappa shape index (κ3) is 6.22. The zero-order valence-corrected chi connectivity index (χ0v) is 21.1. The van der Waals surface area contributed by atoms with Gasteiger partial charge in [-0.05, 0) is 54.3 Å². The second-order valence-electron chi connectivity index (χ2n) is 8.22. The Morgan fingerprint density at radius 1 is 1.15 bits per heavy atom. The van der Waals surface area contributed by atoms with Crippen LogP contribution in [0, 0.1) is 0 Å². The van der Waals surface area contributed by atoms with Crippen molar-refractivity contribution in [3.8, 4) is 0 Å². The van der Waals surface area contributed by atoms with Crippen LogP contribution in [0.1, 0.15) is 23.7 Å². The summed E-state index contributed by atoms with van der Waals surface area (Å²) in [7, 11) is -3.88. The topological polar surface area (TPSA) is 91.8 Å². The summed E-state index contributed by atoms with van der Waals surface area (Å²) in [5.74, 6) is 0. The Hall–Kier alpha value is -2.30. The van der Waals surface area contributed by atoms with E-state index in [2.05, 4.69) is 25.6 Å². The predicted octanol–water partition coefficient (Wildman–Crippen LogP) is 3.69. The van der Waals surface area contributed by atoms with Crippen LogP contribution in [0.25, 0.3) is 0 Å². The number of hydrogen-bond donors (Lipinski definition) is 2. The van der Waals surface area contributed by atoms with Crippen LogP contribution in [0.5, 0.6) is 0 Å². The Balaban J connectivity index is 1.54. The molecular formula is C25H28BrN3O4S. The van der Waals surface area contributed by atoms with Gasteiger partial charge in [-0.2, -0.15) is 0 Å². The number of pyridine rings is 1. The molecule has 0 spiro atoms. The maximum absolute atomic E-state index is 13.4. The molecule has 180 valence electrons. The number of morpholine rings is 1. The summed E-state index contributed by atoms with van der Waals surface area (Å²) >= 11 is 3.49. The van der Waals surface area contributed by atoms with E-state index in [0.29, 0.717) is 38.2 Å². The van der Waals surface area contributed by atoms with E-state index >= 15 is 0 Å². The first-order valence-corrected chi connectivity index (χ1v) is 13.5. The molecule has 34 heavy (non-hydrogen) atoms. The van der Waals surface area contributed by atoms with Gasteiger partial charge >= 0.3 is 0 Å². The van der Waals surface area contributed by atoms with Crippen molar-refractivity contribution in [1.82, 2.24) is 9.71 Å². The smallest absolute Gasteiger partial charge is 0.242 e. The Morgan fingerprint density at radius 3 is 2.65 bits per heavy atom. The van der Waals surface area contributed by atoms with E-state index in [1.807, 2.05) is 53.4 Å². The zero-order valence-electron chi connectivity index (χ0n) is 18.7. The van der Waals surface area contributed by atoms with Crippen molar-refractivity contribution in [3.05, 3.63) is 88.7 Å². The summed E-state index contributed by atoms with van der Waals surface area (Å²) in [6.45, 7) is 1.32. The first kappa shape index (κ1) is 24.8. The lowest BCUT2D eigenvalue weighted by Crippen LogP contribution is -2.41. The number of aliphatic hydroxyl groups excluding tert-OH is 1. The largest absolute Gasteiger partial charge is 0.395 e. The molecule has 3 aromatic rings. The maximum atomic E-state index is 13.4. The normalized spacial score (nSPS) is 17.5. The van der Waals surface area contributed by atoms with E-state index in [1.165, 1.54) is 0 Å². The van der Waals surface area contributed by atoms with E-state index < -0.39 is 16.1 Å². The third-order valence-corrected chi connectivity index (χ3v) is 7.92. The summed E-state index contributed by atoms with van der Waals surface area (Å²) in [5.41, 5.74) is 2.70. The second kappa shape index (κ2) is 11.4. The standard InChI is InChI=1S/C25H28BrN3O4S/c26-21-7-9-25(34(31,32)28-22(18-30)8-6-19-10-12-27-13-11-19)23(16-21)29-14-15-33-24(17-29)20-4-2-1-3-5-20/h1-5,7,9-13,16,22,24,28,30H,6,8,14-15,17-18H2/t22?,24-/m0/s1. The maximum Gasteiger partial charge on any atom is 0.242 e. The molecule has 0 aliphatic carbocycles. The fourth-order valence-electron chi connectivity index (χ4n) is 4.06. The molecule has 0 bridgehead atoms. The summed E-state index contributed by atoms with van der Waals surface area (Å²) in [6.07, 6.45) is 4.35. The summed E-state index contributed by atoms with van der Waals surface area (Å²) in [5, 5.41) is 9.86. The molecule has 1 aromatic heterocycles. The van der Waals surface area contributed by atoms with Gasteiger partial charge in [-0.15, -0.1) is 0 Å². The fraction of sp³-hybridized carbons (Fsp3) is 0.320. The monoisotopic (exact) mass is 545 g/mol. The molecule has 0 saturated carbocycles. The highest BCUT2D eigenvalue weighted by molar-refractivity contribution is 9.10. The molecule has 1 fully saturated rings. The highest BCUT2D eigenvalue weighted by Gasteiger charge is 2.29. The Labute approximate surface area is 209 Å². The molecule has 2 atom stereocenters. The van der Waals surface area contributed by atoms with Crippen molar-refractivity contribution in [1.29, 1.82) is 0 Å². The number of nitrogens with zero attached hydrogens (tertiary/aromatic N) is 2. The molecular weight excluding hydrogens is 518 g/mol. The van der Waals surface area contributed by atoms with Crippen LogP contribution in [0.2, 0.25) is 0 Å². The van der Waals surface area contributed by atoms with Crippen molar-refractivity contribution >= 4 is 31.6 Å². The Kier molecular flexibility index (Phi) is 8.33. The quantitative estimate of drug-likeness (QED) is 0.426. The Bertz CT molecular complexity index is 1180. The first-order chi connectivity index (χ1) is 16.5. The highest BCUT2D eigenvalue weighted by Crippen LogP contribution is 2.33.